The van der Waals surface area contributed by atoms with E-state index in [4.69, 9.17) is 28.9 Å². The van der Waals surface area contributed by atoms with Crippen LogP contribution < -0.4 is 11.1 Å². The van der Waals surface area contributed by atoms with Gasteiger partial charge in [0.1, 0.15) is 0 Å². The molecule has 0 atom stereocenters. The van der Waals surface area contributed by atoms with Crippen LogP contribution in [0.15, 0.2) is 18.2 Å². The Kier molecular flexibility index (Phi) is 2.95. The number of nitrogens with zero attached hydrogens (tertiary/aromatic N) is 2. The lowest BCUT2D eigenvalue weighted by atomic mass is 10.3. The van der Waals surface area contributed by atoms with Crippen LogP contribution in [0.4, 0.5) is 16.8 Å². The summed E-state index contributed by atoms with van der Waals surface area (Å²) in [7, 11) is 0. The molecule has 1 aromatic heterocycles. The minimum absolute atomic E-state index is 0.237. The van der Waals surface area contributed by atoms with Gasteiger partial charge in [-0.2, -0.15) is 9.36 Å². The summed E-state index contributed by atoms with van der Waals surface area (Å²) >= 11 is 13.0. The minimum Gasteiger partial charge on any atom is -0.367 e. The third-order valence-corrected chi connectivity index (χ3v) is 3.10. The van der Waals surface area contributed by atoms with Crippen LogP contribution in [0.1, 0.15) is 0 Å². The molecule has 0 saturated heterocycles. The largest absolute Gasteiger partial charge is 0.367 e. The zero-order valence-electron chi connectivity index (χ0n) is 7.37. The molecular formula is C8H6Cl2N4S. The third-order valence-electron chi connectivity index (χ3n) is 1.63. The predicted molar refractivity (Wildman–Crippen MR) is 64.1 cm³/mol. The van der Waals surface area contributed by atoms with Crippen molar-refractivity contribution in [3.63, 3.8) is 0 Å². The fourth-order valence-electron chi connectivity index (χ4n) is 1.00. The number of benzene rings is 1. The number of rotatable bonds is 2. The summed E-state index contributed by atoms with van der Waals surface area (Å²) in [6, 6.07) is 5.30. The van der Waals surface area contributed by atoms with Gasteiger partial charge in [0.05, 0.1) is 15.7 Å². The molecular weight excluding hydrogens is 255 g/mol. The van der Waals surface area contributed by atoms with Crippen molar-refractivity contribution in [1.82, 2.24) is 9.36 Å². The first kappa shape index (κ1) is 10.5. The predicted octanol–water partition coefficient (Wildman–Crippen LogP) is 3.17. The first-order valence-corrected chi connectivity index (χ1v) is 5.50. The highest BCUT2D eigenvalue weighted by molar-refractivity contribution is 7.10. The number of nitrogens with one attached hydrogen (secondary N) is 1. The molecule has 3 N–H and O–H groups in total. The Bertz CT molecular complexity index is 485. The van der Waals surface area contributed by atoms with Gasteiger partial charge in [0.2, 0.25) is 11.1 Å². The van der Waals surface area contributed by atoms with Crippen molar-refractivity contribution in [3.8, 4) is 0 Å². The molecule has 0 spiro atoms. The van der Waals surface area contributed by atoms with Crippen LogP contribution in [0, 0.1) is 0 Å². The van der Waals surface area contributed by atoms with Crippen LogP contribution in [-0.2, 0) is 0 Å². The molecule has 78 valence electrons. The fourth-order valence-corrected chi connectivity index (χ4v) is 1.86. The summed E-state index contributed by atoms with van der Waals surface area (Å²) in [4.78, 5) is 3.95. The van der Waals surface area contributed by atoms with Crippen LogP contribution in [0.25, 0.3) is 0 Å². The van der Waals surface area contributed by atoms with Crippen molar-refractivity contribution in [2.45, 2.75) is 0 Å². The monoisotopic (exact) mass is 260 g/mol. The summed E-state index contributed by atoms with van der Waals surface area (Å²) in [6.07, 6.45) is 0. The molecule has 4 nitrogen and oxygen atoms in total. The summed E-state index contributed by atoms with van der Waals surface area (Å²) in [5, 5.41) is 4.50. The lowest BCUT2D eigenvalue weighted by Crippen LogP contribution is -1.92. The van der Waals surface area contributed by atoms with Crippen molar-refractivity contribution >= 4 is 51.5 Å². The lowest BCUT2D eigenvalue weighted by Gasteiger charge is -2.05. The molecule has 1 aromatic carbocycles. The van der Waals surface area contributed by atoms with Crippen molar-refractivity contribution in [2.75, 3.05) is 11.1 Å². The smallest absolute Gasteiger partial charge is 0.233 e. The zero-order valence-corrected chi connectivity index (χ0v) is 9.70. The highest BCUT2D eigenvalue weighted by Gasteiger charge is 2.06. The van der Waals surface area contributed by atoms with E-state index < -0.39 is 0 Å². The topological polar surface area (TPSA) is 63.8 Å². The van der Waals surface area contributed by atoms with E-state index in [9.17, 15) is 0 Å². The highest BCUT2D eigenvalue weighted by Crippen LogP contribution is 2.32. The molecule has 0 aliphatic heterocycles. The molecule has 2 aromatic rings. The maximum absolute atomic E-state index is 5.98. The average Bonchev–Trinajstić information content (AvgIpc) is 2.59. The molecule has 1 heterocycles. The number of nitrogens with two attached hydrogens (primary N) is 1. The first-order valence-electron chi connectivity index (χ1n) is 3.97. The normalized spacial score (nSPS) is 10.3. The standard InChI is InChI=1S/C8H6Cl2N4S/c9-4-2-1-3-5(6(4)10)12-8-13-7(11)14-15-8/h1-3H,(H3,11,12,13,14). The number of anilines is 3. The molecule has 0 bridgehead atoms. The minimum atomic E-state index is 0.237. The van der Waals surface area contributed by atoms with Crippen molar-refractivity contribution in [1.29, 1.82) is 0 Å². The van der Waals surface area contributed by atoms with Gasteiger partial charge < -0.3 is 11.1 Å². The summed E-state index contributed by atoms with van der Waals surface area (Å²) in [6.45, 7) is 0. The van der Waals surface area contributed by atoms with Gasteiger partial charge in [-0.05, 0) is 12.1 Å². The van der Waals surface area contributed by atoms with Gasteiger partial charge in [0, 0.05) is 11.5 Å². The maximum Gasteiger partial charge on any atom is 0.233 e. The fraction of sp³-hybridized carbons (Fsp3) is 0. The van der Waals surface area contributed by atoms with Crippen LogP contribution >= 0.6 is 34.7 Å². The van der Waals surface area contributed by atoms with Gasteiger partial charge in [0.15, 0.2) is 0 Å². The van der Waals surface area contributed by atoms with Gasteiger partial charge in [-0.25, -0.2) is 0 Å². The van der Waals surface area contributed by atoms with E-state index in [-0.39, 0.29) is 5.95 Å². The Morgan fingerprint density at radius 1 is 1.33 bits per heavy atom. The Morgan fingerprint density at radius 2 is 2.13 bits per heavy atom. The second kappa shape index (κ2) is 4.22. The second-order valence-corrected chi connectivity index (χ2v) is 4.22. The maximum atomic E-state index is 5.98. The average molecular weight is 261 g/mol. The molecule has 0 amide bonds. The molecule has 2 rings (SSSR count). The highest BCUT2D eigenvalue weighted by atomic mass is 35.5. The van der Waals surface area contributed by atoms with Crippen molar-refractivity contribution in [2.24, 2.45) is 0 Å². The Labute approximate surface area is 100 Å². The van der Waals surface area contributed by atoms with Gasteiger partial charge in [-0.3, -0.25) is 0 Å². The Hall–Kier alpha value is -1.04. The Balaban J connectivity index is 2.28. The van der Waals surface area contributed by atoms with Crippen LogP contribution in [-0.4, -0.2) is 9.36 Å². The molecule has 15 heavy (non-hydrogen) atoms. The van der Waals surface area contributed by atoms with Crippen molar-refractivity contribution in [3.05, 3.63) is 28.2 Å². The van der Waals surface area contributed by atoms with E-state index in [2.05, 4.69) is 14.7 Å². The van der Waals surface area contributed by atoms with E-state index in [1.807, 2.05) is 0 Å². The Morgan fingerprint density at radius 3 is 2.80 bits per heavy atom. The number of aromatic nitrogens is 2. The van der Waals surface area contributed by atoms with E-state index in [0.29, 0.717) is 20.9 Å². The SMILES string of the molecule is Nc1nsc(Nc2cccc(Cl)c2Cl)n1. The number of hydrogen-bond acceptors (Lipinski definition) is 5. The van der Waals surface area contributed by atoms with Crippen LogP contribution in [0.3, 0.4) is 0 Å². The van der Waals surface area contributed by atoms with Gasteiger partial charge in [0.25, 0.3) is 0 Å². The van der Waals surface area contributed by atoms with Gasteiger partial charge in [-0.15, -0.1) is 0 Å². The lowest BCUT2D eigenvalue weighted by molar-refractivity contribution is 1.33. The van der Waals surface area contributed by atoms with E-state index in [0.717, 1.165) is 11.5 Å². The number of nitrogen functional groups attached to an aromatic ring is 1. The first-order chi connectivity index (χ1) is 7.16. The summed E-state index contributed by atoms with van der Waals surface area (Å²) < 4.78 is 3.83. The second-order valence-electron chi connectivity index (χ2n) is 2.68. The van der Waals surface area contributed by atoms with Crippen molar-refractivity contribution < 1.29 is 0 Å². The van der Waals surface area contributed by atoms with Gasteiger partial charge in [-0.1, -0.05) is 29.3 Å². The quantitative estimate of drug-likeness (QED) is 0.871. The van der Waals surface area contributed by atoms with E-state index in [1.165, 1.54) is 0 Å². The van der Waals surface area contributed by atoms with E-state index >= 15 is 0 Å². The zero-order chi connectivity index (χ0) is 10.8. The van der Waals surface area contributed by atoms with Crippen LogP contribution in [0.5, 0.6) is 0 Å². The molecule has 0 fully saturated rings. The number of hydrogen-bond donors (Lipinski definition) is 2. The molecule has 7 heteroatoms. The number of halogens is 2. The molecule has 0 radical (unpaired) electrons. The van der Waals surface area contributed by atoms with Crippen LogP contribution in [0.2, 0.25) is 10.0 Å². The molecule has 0 unspecified atom stereocenters. The molecule has 0 aliphatic carbocycles. The third kappa shape index (κ3) is 2.31. The summed E-state index contributed by atoms with van der Waals surface area (Å²) in [5.74, 6) is 0.237. The molecule has 0 saturated carbocycles. The molecule has 0 aliphatic rings. The van der Waals surface area contributed by atoms with E-state index in [1.54, 1.807) is 18.2 Å². The summed E-state index contributed by atoms with van der Waals surface area (Å²) in [5.41, 5.74) is 6.07. The van der Waals surface area contributed by atoms with Gasteiger partial charge >= 0.3 is 0 Å².